The van der Waals surface area contributed by atoms with E-state index < -0.39 is 0 Å². The summed E-state index contributed by atoms with van der Waals surface area (Å²) in [6.07, 6.45) is 1.30. The molecular weight excluding hydrogens is 172 g/mol. The van der Waals surface area contributed by atoms with Crippen LogP contribution in [0.15, 0.2) is 0 Å². The molecule has 5 heteroatoms. The molecule has 1 amide bonds. The number of piperidine rings is 1. The normalized spacial score (nSPS) is 18.8. The molecule has 0 atom stereocenters. The first-order valence-electron chi connectivity index (χ1n) is 4.59. The van der Waals surface area contributed by atoms with Crippen LogP contribution in [0.25, 0.3) is 0 Å². The van der Waals surface area contributed by atoms with Crippen LogP contribution in [0.1, 0.15) is 19.8 Å². The Morgan fingerprint density at radius 2 is 2.23 bits per heavy atom. The van der Waals surface area contributed by atoms with Crippen molar-refractivity contribution >= 4 is 6.09 Å². The van der Waals surface area contributed by atoms with Gasteiger partial charge in [0.1, 0.15) is 0 Å². The molecule has 0 radical (unpaired) electrons. The standard InChI is InChI=1S/C8H16N2O3/c1-2-13-8(11)10-5-3-7(9-12)4-6-10/h7,9,12H,2-6H2,1H3. The molecule has 1 saturated heterocycles. The lowest BCUT2D eigenvalue weighted by Crippen LogP contribution is -2.44. The Balaban J connectivity index is 2.28. The van der Waals surface area contributed by atoms with Crippen LogP contribution in [0.5, 0.6) is 0 Å². The SMILES string of the molecule is CCOC(=O)N1CCC(NO)CC1. The van der Waals surface area contributed by atoms with Crippen LogP contribution < -0.4 is 5.48 Å². The first kappa shape index (κ1) is 10.3. The largest absolute Gasteiger partial charge is 0.450 e. The third kappa shape index (κ3) is 2.86. The molecule has 13 heavy (non-hydrogen) atoms. The molecule has 0 aromatic carbocycles. The number of rotatable bonds is 2. The summed E-state index contributed by atoms with van der Waals surface area (Å²) in [6, 6.07) is 0.116. The summed E-state index contributed by atoms with van der Waals surface area (Å²) in [6.45, 7) is 3.51. The minimum atomic E-state index is -0.251. The lowest BCUT2D eigenvalue weighted by molar-refractivity contribution is 0.0658. The van der Waals surface area contributed by atoms with Crippen LogP contribution in [-0.2, 0) is 4.74 Å². The Bertz CT molecular complexity index is 167. The molecule has 0 spiro atoms. The van der Waals surface area contributed by atoms with E-state index in [9.17, 15) is 4.79 Å². The minimum Gasteiger partial charge on any atom is -0.450 e. The van der Waals surface area contributed by atoms with E-state index in [-0.39, 0.29) is 12.1 Å². The molecule has 0 aliphatic carbocycles. The number of amides is 1. The summed E-state index contributed by atoms with van der Waals surface area (Å²) in [7, 11) is 0. The van der Waals surface area contributed by atoms with Crippen molar-refractivity contribution in [2.45, 2.75) is 25.8 Å². The highest BCUT2D eigenvalue weighted by molar-refractivity contribution is 5.67. The molecule has 76 valence electrons. The van der Waals surface area contributed by atoms with Gasteiger partial charge in [0.25, 0.3) is 0 Å². The second-order valence-electron chi connectivity index (χ2n) is 3.09. The van der Waals surface area contributed by atoms with Gasteiger partial charge in [-0.15, -0.1) is 0 Å². The second kappa shape index (κ2) is 5.04. The summed E-state index contributed by atoms with van der Waals surface area (Å²) in [5, 5.41) is 8.63. The zero-order valence-corrected chi connectivity index (χ0v) is 7.82. The van der Waals surface area contributed by atoms with E-state index in [0.717, 1.165) is 12.8 Å². The van der Waals surface area contributed by atoms with Crippen molar-refractivity contribution < 1.29 is 14.7 Å². The van der Waals surface area contributed by atoms with Gasteiger partial charge in [-0.25, -0.2) is 10.3 Å². The van der Waals surface area contributed by atoms with Gasteiger partial charge in [0, 0.05) is 19.1 Å². The van der Waals surface area contributed by atoms with Crippen molar-refractivity contribution in [2.75, 3.05) is 19.7 Å². The summed E-state index contributed by atoms with van der Waals surface area (Å²) >= 11 is 0. The number of nitrogens with one attached hydrogen (secondary N) is 1. The maximum atomic E-state index is 11.2. The maximum absolute atomic E-state index is 11.2. The van der Waals surface area contributed by atoms with E-state index in [1.807, 2.05) is 0 Å². The molecule has 0 saturated carbocycles. The molecule has 1 aliphatic rings. The van der Waals surface area contributed by atoms with Gasteiger partial charge in [-0.2, -0.15) is 0 Å². The molecule has 1 rings (SSSR count). The molecular formula is C8H16N2O3. The van der Waals surface area contributed by atoms with Gasteiger partial charge in [-0.1, -0.05) is 0 Å². The lowest BCUT2D eigenvalue weighted by Gasteiger charge is -2.30. The van der Waals surface area contributed by atoms with Gasteiger partial charge >= 0.3 is 6.09 Å². The quantitative estimate of drug-likeness (QED) is 0.622. The zero-order valence-electron chi connectivity index (χ0n) is 7.82. The van der Waals surface area contributed by atoms with Crippen LogP contribution in [0.3, 0.4) is 0 Å². The number of likely N-dealkylation sites (tertiary alicyclic amines) is 1. The molecule has 2 N–H and O–H groups in total. The average Bonchev–Trinajstić information content (AvgIpc) is 2.18. The summed E-state index contributed by atoms with van der Waals surface area (Å²) in [4.78, 5) is 12.9. The van der Waals surface area contributed by atoms with Crippen LogP contribution >= 0.6 is 0 Å². The van der Waals surface area contributed by atoms with Gasteiger partial charge in [0.15, 0.2) is 0 Å². The minimum absolute atomic E-state index is 0.116. The van der Waals surface area contributed by atoms with Crippen molar-refractivity contribution in [2.24, 2.45) is 0 Å². The number of carbonyl (C=O) groups is 1. The topological polar surface area (TPSA) is 61.8 Å². The fraction of sp³-hybridized carbons (Fsp3) is 0.875. The predicted octanol–water partition coefficient (Wildman–Crippen LogP) is 0.586. The van der Waals surface area contributed by atoms with E-state index in [2.05, 4.69) is 5.48 Å². The highest BCUT2D eigenvalue weighted by atomic mass is 16.6. The molecule has 5 nitrogen and oxygen atoms in total. The predicted molar refractivity (Wildman–Crippen MR) is 46.5 cm³/mol. The molecule has 1 aliphatic heterocycles. The van der Waals surface area contributed by atoms with Crippen molar-refractivity contribution in [1.29, 1.82) is 0 Å². The third-order valence-electron chi connectivity index (χ3n) is 2.20. The van der Waals surface area contributed by atoms with E-state index in [1.54, 1.807) is 11.8 Å². The molecule has 0 unspecified atom stereocenters. The van der Waals surface area contributed by atoms with E-state index in [4.69, 9.17) is 9.94 Å². The monoisotopic (exact) mass is 188 g/mol. The van der Waals surface area contributed by atoms with Gasteiger partial charge in [-0.3, -0.25) is 0 Å². The van der Waals surface area contributed by atoms with E-state index >= 15 is 0 Å². The summed E-state index contributed by atoms with van der Waals surface area (Å²) < 4.78 is 4.85. The number of carbonyl (C=O) groups excluding carboxylic acids is 1. The Labute approximate surface area is 77.6 Å². The lowest BCUT2D eigenvalue weighted by atomic mass is 10.1. The van der Waals surface area contributed by atoms with Gasteiger partial charge in [-0.05, 0) is 19.8 Å². The average molecular weight is 188 g/mol. The van der Waals surface area contributed by atoms with E-state index in [1.165, 1.54) is 0 Å². The summed E-state index contributed by atoms with van der Waals surface area (Å²) in [5.41, 5.74) is 2.22. The molecule has 1 fully saturated rings. The van der Waals surface area contributed by atoms with Gasteiger partial charge < -0.3 is 14.8 Å². The Morgan fingerprint density at radius 1 is 1.62 bits per heavy atom. The van der Waals surface area contributed by atoms with Crippen molar-refractivity contribution in [3.63, 3.8) is 0 Å². The molecule has 1 heterocycles. The molecule has 0 aromatic rings. The Morgan fingerprint density at radius 3 is 2.69 bits per heavy atom. The number of hydrogen-bond donors (Lipinski definition) is 2. The Hall–Kier alpha value is -0.810. The summed E-state index contributed by atoms with van der Waals surface area (Å²) in [5.74, 6) is 0. The van der Waals surface area contributed by atoms with Crippen LogP contribution in [-0.4, -0.2) is 41.9 Å². The first-order chi connectivity index (χ1) is 6.27. The van der Waals surface area contributed by atoms with E-state index in [0.29, 0.717) is 19.7 Å². The first-order valence-corrected chi connectivity index (χ1v) is 4.59. The van der Waals surface area contributed by atoms with Crippen molar-refractivity contribution in [1.82, 2.24) is 10.4 Å². The highest BCUT2D eigenvalue weighted by Gasteiger charge is 2.22. The fourth-order valence-electron chi connectivity index (χ4n) is 1.41. The van der Waals surface area contributed by atoms with Crippen molar-refractivity contribution in [3.05, 3.63) is 0 Å². The van der Waals surface area contributed by atoms with Crippen LogP contribution in [0.2, 0.25) is 0 Å². The van der Waals surface area contributed by atoms with Crippen LogP contribution in [0, 0.1) is 0 Å². The number of ether oxygens (including phenoxy) is 1. The third-order valence-corrected chi connectivity index (χ3v) is 2.20. The highest BCUT2D eigenvalue weighted by Crippen LogP contribution is 2.10. The van der Waals surface area contributed by atoms with Crippen molar-refractivity contribution in [3.8, 4) is 0 Å². The second-order valence-corrected chi connectivity index (χ2v) is 3.09. The number of hydroxylamine groups is 1. The molecule has 0 bridgehead atoms. The number of nitrogens with zero attached hydrogens (tertiary/aromatic N) is 1. The van der Waals surface area contributed by atoms with Gasteiger partial charge in [0.2, 0.25) is 0 Å². The van der Waals surface area contributed by atoms with Gasteiger partial charge in [0.05, 0.1) is 6.61 Å². The molecule has 0 aromatic heterocycles. The Kier molecular flexibility index (Phi) is 3.98. The smallest absolute Gasteiger partial charge is 0.409 e. The fourth-order valence-corrected chi connectivity index (χ4v) is 1.41. The zero-order chi connectivity index (χ0) is 9.68. The number of hydrogen-bond acceptors (Lipinski definition) is 4. The maximum Gasteiger partial charge on any atom is 0.409 e. The van der Waals surface area contributed by atoms with Crippen LogP contribution in [0.4, 0.5) is 4.79 Å².